The highest BCUT2D eigenvalue weighted by Gasteiger charge is 2.22. The average molecular weight is 447 g/mol. The van der Waals surface area contributed by atoms with E-state index >= 15 is 0 Å². The van der Waals surface area contributed by atoms with Gasteiger partial charge in [-0.3, -0.25) is 4.79 Å². The molecule has 0 atom stereocenters. The van der Waals surface area contributed by atoms with Crippen molar-refractivity contribution >= 4 is 11.6 Å². The number of halogens is 1. The van der Waals surface area contributed by atoms with Crippen LogP contribution in [-0.4, -0.2) is 24.6 Å². The summed E-state index contributed by atoms with van der Waals surface area (Å²) in [4.78, 5) is 11.2. The van der Waals surface area contributed by atoms with E-state index in [1.165, 1.54) is 13.0 Å². The predicted molar refractivity (Wildman–Crippen MR) is 131 cm³/mol. The summed E-state index contributed by atoms with van der Waals surface area (Å²) in [7, 11) is 0. The van der Waals surface area contributed by atoms with E-state index in [9.17, 15) is 9.18 Å². The zero-order chi connectivity index (χ0) is 23.0. The Morgan fingerprint density at radius 3 is 2.48 bits per heavy atom. The first-order valence-corrected chi connectivity index (χ1v) is 11.7. The van der Waals surface area contributed by atoms with Crippen LogP contribution >= 0.6 is 0 Å². The third kappa shape index (κ3) is 6.58. The molecule has 0 saturated heterocycles. The third-order valence-electron chi connectivity index (χ3n) is 6.11. The standard InChI is InChI=1S/C28H31FN2O2/c1-20(32)30-17-16-21-10-13-27(19-28(21)22-6-5-7-23(29)18-22)33-26-14-11-25(12-15-26)31-24-8-3-2-4-9-24/h2-10,13,18-19,25-26,31H,11-12,14-17H2,1H3,(H,30,32). The van der Waals surface area contributed by atoms with Crippen LogP contribution in [0.1, 0.15) is 38.2 Å². The fourth-order valence-corrected chi connectivity index (χ4v) is 4.43. The van der Waals surface area contributed by atoms with Crippen molar-refractivity contribution in [1.29, 1.82) is 0 Å². The lowest BCUT2D eigenvalue weighted by molar-refractivity contribution is -0.118. The van der Waals surface area contributed by atoms with Gasteiger partial charge in [0.05, 0.1) is 6.10 Å². The lowest BCUT2D eigenvalue weighted by Gasteiger charge is -2.30. The second kappa shape index (κ2) is 11.0. The minimum atomic E-state index is -0.268. The number of rotatable bonds is 8. The molecule has 0 spiro atoms. The van der Waals surface area contributed by atoms with Gasteiger partial charge in [-0.25, -0.2) is 4.39 Å². The number of hydrogen-bond acceptors (Lipinski definition) is 3. The molecule has 0 heterocycles. The van der Waals surface area contributed by atoms with Crippen molar-refractivity contribution in [2.24, 2.45) is 0 Å². The lowest BCUT2D eigenvalue weighted by Crippen LogP contribution is -2.31. The maximum absolute atomic E-state index is 13.9. The van der Waals surface area contributed by atoms with Gasteiger partial charge in [0.1, 0.15) is 11.6 Å². The van der Waals surface area contributed by atoms with Gasteiger partial charge in [-0.05, 0) is 85.2 Å². The van der Waals surface area contributed by atoms with Crippen LogP contribution in [0.5, 0.6) is 5.75 Å². The van der Waals surface area contributed by atoms with Crippen LogP contribution in [0.25, 0.3) is 11.1 Å². The number of hydrogen-bond donors (Lipinski definition) is 2. The van der Waals surface area contributed by atoms with Crippen LogP contribution in [0, 0.1) is 5.82 Å². The Kier molecular flexibility index (Phi) is 7.61. The number of anilines is 1. The Bertz CT molecular complexity index is 1060. The first-order valence-electron chi connectivity index (χ1n) is 11.7. The Morgan fingerprint density at radius 1 is 0.970 bits per heavy atom. The van der Waals surface area contributed by atoms with E-state index in [-0.39, 0.29) is 17.8 Å². The summed E-state index contributed by atoms with van der Waals surface area (Å²) in [6, 6.07) is 23.4. The summed E-state index contributed by atoms with van der Waals surface area (Å²) in [5, 5.41) is 6.45. The van der Waals surface area contributed by atoms with E-state index in [0.717, 1.165) is 53.8 Å². The van der Waals surface area contributed by atoms with E-state index < -0.39 is 0 Å². The van der Waals surface area contributed by atoms with Crippen molar-refractivity contribution in [3.05, 3.63) is 84.2 Å². The first-order chi connectivity index (χ1) is 16.1. The Morgan fingerprint density at radius 2 is 1.76 bits per heavy atom. The molecular formula is C28H31FN2O2. The normalized spacial score (nSPS) is 17.9. The number of para-hydroxylation sites is 1. The molecule has 172 valence electrons. The van der Waals surface area contributed by atoms with E-state index in [4.69, 9.17) is 4.74 Å². The second-order valence-electron chi connectivity index (χ2n) is 8.66. The summed E-state index contributed by atoms with van der Waals surface area (Å²) in [6.45, 7) is 2.05. The summed E-state index contributed by atoms with van der Waals surface area (Å²) >= 11 is 0. The van der Waals surface area contributed by atoms with Gasteiger partial charge in [-0.2, -0.15) is 0 Å². The molecule has 3 aromatic rings. The van der Waals surface area contributed by atoms with E-state index in [1.54, 1.807) is 12.1 Å². The SMILES string of the molecule is CC(=O)NCCc1ccc(OC2CCC(Nc3ccccc3)CC2)cc1-c1cccc(F)c1. The van der Waals surface area contributed by atoms with Crippen molar-refractivity contribution in [2.45, 2.75) is 51.2 Å². The molecule has 4 rings (SSSR count). The molecule has 0 aromatic heterocycles. The largest absolute Gasteiger partial charge is 0.490 e. The van der Waals surface area contributed by atoms with Crippen LogP contribution in [0.4, 0.5) is 10.1 Å². The maximum Gasteiger partial charge on any atom is 0.216 e. The molecule has 0 unspecified atom stereocenters. The molecule has 1 amide bonds. The molecule has 1 fully saturated rings. The van der Waals surface area contributed by atoms with E-state index in [0.29, 0.717) is 19.0 Å². The van der Waals surface area contributed by atoms with Gasteiger partial charge < -0.3 is 15.4 Å². The fraction of sp³-hybridized carbons (Fsp3) is 0.321. The van der Waals surface area contributed by atoms with Gasteiger partial charge >= 0.3 is 0 Å². The molecular weight excluding hydrogens is 415 g/mol. The minimum absolute atomic E-state index is 0.0559. The number of carbonyl (C=O) groups is 1. The molecule has 1 aliphatic rings. The van der Waals surface area contributed by atoms with Gasteiger partial charge in [-0.1, -0.05) is 36.4 Å². The van der Waals surface area contributed by atoms with Crippen molar-refractivity contribution < 1.29 is 13.9 Å². The van der Waals surface area contributed by atoms with E-state index in [2.05, 4.69) is 22.8 Å². The molecule has 0 aliphatic heterocycles. The molecule has 3 aromatic carbocycles. The van der Waals surface area contributed by atoms with Crippen molar-refractivity contribution in [3.63, 3.8) is 0 Å². The quantitative estimate of drug-likeness (QED) is 0.448. The molecule has 1 saturated carbocycles. The number of carbonyl (C=O) groups excluding carboxylic acids is 1. The minimum Gasteiger partial charge on any atom is -0.490 e. The molecule has 0 bridgehead atoms. The summed E-state index contributed by atoms with van der Waals surface area (Å²) in [6.07, 6.45) is 4.94. The number of ether oxygens (including phenoxy) is 1. The Labute approximate surface area is 195 Å². The van der Waals surface area contributed by atoms with Gasteiger partial charge in [-0.15, -0.1) is 0 Å². The number of benzene rings is 3. The Hall–Kier alpha value is -3.34. The third-order valence-corrected chi connectivity index (χ3v) is 6.11. The molecule has 5 heteroatoms. The zero-order valence-corrected chi connectivity index (χ0v) is 19.0. The predicted octanol–water partition coefficient (Wildman–Crippen LogP) is 5.97. The first kappa shape index (κ1) is 22.8. The highest BCUT2D eigenvalue weighted by atomic mass is 19.1. The summed E-state index contributed by atoms with van der Waals surface area (Å²) < 4.78 is 20.3. The van der Waals surface area contributed by atoms with Gasteiger partial charge in [0.15, 0.2) is 0 Å². The van der Waals surface area contributed by atoms with Gasteiger partial charge in [0.2, 0.25) is 5.91 Å². The highest BCUT2D eigenvalue weighted by Crippen LogP contribution is 2.32. The summed E-state index contributed by atoms with van der Waals surface area (Å²) in [5.41, 5.74) is 3.97. The molecule has 0 radical (unpaired) electrons. The Balaban J connectivity index is 1.42. The van der Waals surface area contributed by atoms with Crippen molar-refractivity contribution in [1.82, 2.24) is 5.32 Å². The van der Waals surface area contributed by atoms with Crippen LogP contribution in [0.2, 0.25) is 0 Å². The lowest BCUT2D eigenvalue weighted by atomic mass is 9.92. The fourth-order valence-electron chi connectivity index (χ4n) is 4.43. The van der Waals surface area contributed by atoms with Crippen LogP contribution < -0.4 is 15.4 Å². The van der Waals surface area contributed by atoms with Crippen molar-refractivity contribution in [2.75, 3.05) is 11.9 Å². The smallest absolute Gasteiger partial charge is 0.216 e. The molecule has 2 N–H and O–H groups in total. The van der Waals surface area contributed by atoms with Gasteiger partial charge in [0.25, 0.3) is 0 Å². The topological polar surface area (TPSA) is 50.4 Å². The van der Waals surface area contributed by atoms with E-state index in [1.807, 2.05) is 42.5 Å². The molecule has 33 heavy (non-hydrogen) atoms. The zero-order valence-electron chi connectivity index (χ0n) is 19.0. The highest BCUT2D eigenvalue weighted by molar-refractivity contribution is 5.73. The maximum atomic E-state index is 13.9. The monoisotopic (exact) mass is 446 g/mol. The summed E-state index contributed by atoms with van der Waals surface area (Å²) in [5.74, 6) is 0.479. The van der Waals surface area contributed by atoms with Crippen molar-refractivity contribution in [3.8, 4) is 16.9 Å². The van der Waals surface area contributed by atoms with Crippen LogP contribution in [0.3, 0.4) is 0 Å². The number of nitrogens with one attached hydrogen (secondary N) is 2. The second-order valence-corrected chi connectivity index (χ2v) is 8.66. The average Bonchev–Trinajstić information content (AvgIpc) is 2.82. The molecule has 1 aliphatic carbocycles. The van der Waals surface area contributed by atoms with Crippen LogP contribution in [-0.2, 0) is 11.2 Å². The van der Waals surface area contributed by atoms with Gasteiger partial charge in [0, 0.05) is 25.2 Å². The number of amides is 1. The molecule has 4 nitrogen and oxygen atoms in total. The van der Waals surface area contributed by atoms with Crippen LogP contribution in [0.15, 0.2) is 72.8 Å².